The minimum atomic E-state index is -0.252. The molecule has 0 N–H and O–H groups in total. The van der Waals surface area contributed by atoms with E-state index in [4.69, 9.17) is 4.74 Å². The summed E-state index contributed by atoms with van der Waals surface area (Å²) in [7, 11) is 3.26. The van der Waals surface area contributed by atoms with Crippen molar-refractivity contribution >= 4 is 27.0 Å². The third kappa shape index (κ3) is 2.10. The molecule has 6 heteroatoms. The van der Waals surface area contributed by atoms with E-state index in [1.165, 1.54) is 4.57 Å². The molecule has 2 heterocycles. The van der Waals surface area contributed by atoms with Crippen LogP contribution in [0, 0.1) is 0 Å². The summed E-state index contributed by atoms with van der Waals surface area (Å²) in [4.78, 5) is 20.6. The molecule has 5 nitrogen and oxygen atoms in total. The molecule has 0 aliphatic carbocycles. The topological polar surface area (TPSA) is 57.0 Å². The normalized spacial score (nSPS) is 12.9. The Labute approximate surface area is 107 Å². The molecule has 2 aromatic rings. The van der Waals surface area contributed by atoms with Gasteiger partial charge in [0.15, 0.2) is 5.65 Å². The van der Waals surface area contributed by atoms with Gasteiger partial charge in [-0.1, -0.05) is 0 Å². The van der Waals surface area contributed by atoms with Crippen LogP contribution in [-0.2, 0) is 11.8 Å². The molecule has 0 saturated carbocycles. The standard InChI is InChI=1S/C11H12BrN3O2/c1-6(17-3)10-14-9-7(11(16)15(10)2)4-5-8(12)13-9/h4-6H,1-3H3. The molecule has 1 unspecified atom stereocenters. The second kappa shape index (κ2) is 4.54. The summed E-state index contributed by atoms with van der Waals surface area (Å²) in [5, 5.41) is 0.503. The lowest BCUT2D eigenvalue weighted by molar-refractivity contribution is 0.108. The number of nitrogens with zero attached hydrogens (tertiary/aromatic N) is 3. The number of aromatic nitrogens is 3. The van der Waals surface area contributed by atoms with Gasteiger partial charge in [0.1, 0.15) is 16.5 Å². The maximum atomic E-state index is 12.1. The lowest BCUT2D eigenvalue weighted by Crippen LogP contribution is -2.24. The van der Waals surface area contributed by atoms with E-state index in [-0.39, 0.29) is 11.7 Å². The molecule has 0 aromatic carbocycles. The second-order valence-electron chi connectivity index (χ2n) is 3.72. The molecule has 0 amide bonds. The summed E-state index contributed by atoms with van der Waals surface area (Å²) in [5.74, 6) is 0.565. The van der Waals surface area contributed by atoms with Crippen molar-refractivity contribution in [3.05, 3.63) is 32.9 Å². The minimum Gasteiger partial charge on any atom is -0.374 e. The molecule has 17 heavy (non-hydrogen) atoms. The van der Waals surface area contributed by atoms with Gasteiger partial charge in [-0.25, -0.2) is 9.97 Å². The van der Waals surface area contributed by atoms with Crippen molar-refractivity contribution in [2.45, 2.75) is 13.0 Å². The zero-order valence-electron chi connectivity index (χ0n) is 9.77. The molecule has 0 radical (unpaired) electrons. The fraction of sp³-hybridized carbons (Fsp3) is 0.364. The van der Waals surface area contributed by atoms with E-state index in [0.29, 0.717) is 21.5 Å². The van der Waals surface area contributed by atoms with Gasteiger partial charge in [0, 0.05) is 14.2 Å². The van der Waals surface area contributed by atoms with E-state index >= 15 is 0 Å². The smallest absolute Gasteiger partial charge is 0.262 e. The molecule has 2 aromatic heterocycles. The molecular formula is C11H12BrN3O2. The Balaban J connectivity index is 2.80. The van der Waals surface area contributed by atoms with Gasteiger partial charge in [-0.15, -0.1) is 0 Å². The van der Waals surface area contributed by atoms with Crippen LogP contribution >= 0.6 is 15.9 Å². The fourth-order valence-electron chi connectivity index (χ4n) is 1.61. The average molecular weight is 298 g/mol. The maximum absolute atomic E-state index is 12.1. The van der Waals surface area contributed by atoms with Crippen LogP contribution in [0.1, 0.15) is 18.9 Å². The molecule has 2 rings (SSSR count). The SMILES string of the molecule is COC(C)c1nc2nc(Br)ccc2c(=O)n1C. The number of pyridine rings is 1. The van der Waals surface area contributed by atoms with E-state index in [0.717, 1.165) is 0 Å². The highest BCUT2D eigenvalue weighted by molar-refractivity contribution is 9.10. The fourth-order valence-corrected chi connectivity index (χ4v) is 1.91. The maximum Gasteiger partial charge on any atom is 0.262 e. The van der Waals surface area contributed by atoms with E-state index < -0.39 is 0 Å². The monoisotopic (exact) mass is 297 g/mol. The second-order valence-corrected chi connectivity index (χ2v) is 4.53. The third-order valence-electron chi connectivity index (χ3n) is 2.66. The van der Waals surface area contributed by atoms with Gasteiger partial charge < -0.3 is 4.74 Å². The molecule has 0 aliphatic heterocycles. The third-order valence-corrected chi connectivity index (χ3v) is 3.10. The lowest BCUT2D eigenvalue weighted by Gasteiger charge is -2.13. The summed E-state index contributed by atoms with van der Waals surface area (Å²) in [5.41, 5.74) is 0.315. The summed E-state index contributed by atoms with van der Waals surface area (Å²) in [6.07, 6.45) is -0.252. The molecular weight excluding hydrogens is 286 g/mol. The van der Waals surface area contributed by atoms with Crippen LogP contribution in [0.15, 0.2) is 21.5 Å². The van der Waals surface area contributed by atoms with Crippen LogP contribution in [0.4, 0.5) is 0 Å². The van der Waals surface area contributed by atoms with Crippen molar-refractivity contribution in [1.29, 1.82) is 0 Å². The Kier molecular flexibility index (Phi) is 3.26. The van der Waals surface area contributed by atoms with E-state index in [2.05, 4.69) is 25.9 Å². The largest absolute Gasteiger partial charge is 0.374 e. The first-order valence-electron chi connectivity index (χ1n) is 5.10. The molecule has 0 bridgehead atoms. The summed E-state index contributed by atoms with van der Waals surface area (Å²) in [6, 6.07) is 3.44. The summed E-state index contributed by atoms with van der Waals surface area (Å²) in [6.45, 7) is 1.84. The highest BCUT2D eigenvalue weighted by Gasteiger charge is 2.14. The Morgan fingerprint density at radius 1 is 1.41 bits per heavy atom. The molecule has 0 aliphatic rings. The lowest BCUT2D eigenvalue weighted by atomic mass is 10.3. The van der Waals surface area contributed by atoms with Crippen molar-refractivity contribution in [1.82, 2.24) is 14.5 Å². The Morgan fingerprint density at radius 2 is 2.12 bits per heavy atom. The van der Waals surface area contributed by atoms with Crippen LogP contribution in [0.3, 0.4) is 0 Å². The van der Waals surface area contributed by atoms with Crippen molar-refractivity contribution < 1.29 is 4.74 Å². The van der Waals surface area contributed by atoms with Crippen LogP contribution in [0.2, 0.25) is 0 Å². The van der Waals surface area contributed by atoms with E-state index in [9.17, 15) is 4.79 Å². The first kappa shape index (κ1) is 12.2. The Bertz CT molecular complexity index is 624. The van der Waals surface area contributed by atoms with Gasteiger partial charge in [0.2, 0.25) is 0 Å². The quantitative estimate of drug-likeness (QED) is 0.793. The number of hydrogen-bond donors (Lipinski definition) is 0. The first-order chi connectivity index (χ1) is 8.04. The summed E-state index contributed by atoms with van der Waals surface area (Å²) < 4.78 is 7.34. The van der Waals surface area contributed by atoms with Gasteiger partial charge in [-0.2, -0.15) is 0 Å². The van der Waals surface area contributed by atoms with Crippen LogP contribution < -0.4 is 5.56 Å². The number of fused-ring (bicyclic) bond motifs is 1. The summed E-state index contributed by atoms with van der Waals surface area (Å²) >= 11 is 3.26. The van der Waals surface area contributed by atoms with Gasteiger partial charge in [-0.05, 0) is 35.0 Å². The van der Waals surface area contributed by atoms with Gasteiger partial charge >= 0.3 is 0 Å². The number of methoxy groups -OCH3 is 1. The highest BCUT2D eigenvalue weighted by Crippen LogP contribution is 2.15. The van der Waals surface area contributed by atoms with Crippen LogP contribution in [0.5, 0.6) is 0 Å². The van der Waals surface area contributed by atoms with Crippen LogP contribution in [-0.4, -0.2) is 21.6 Å². The predicted octanol–water partition coefficient (Wildman–Crippen LogP) is 1.80. The minimum absolute atomic E-state index is 0.117. The number of ether oxygens (including phenoxy) is 1. The first-order valence-corrected chi connectivity index (χ1v) is 5.90. The number of hydrogen-bond acceptors (Lipinski definition) is 4. The van der Waals surface area contributed by atoms with Crippen molar-refractivity contribution in [3.8, 4) is 0 Å². The van der Waals surface area contributed by atoms with Gasteiger partial charge in [0.25, 0.3) is 5.56 Å². The average Bonchev–Trinajstić information content (AvgIpc) is 2.32. The van der Waals surface area contributed by atoms with E-state index in [1.807, 2.05) is 6.92 Å². The molecule has 1 atom stereocenters. The number of rotatable bonds is 2. The molecule has 90 valence electrons. The predicted molar refractivity (Wildman–Crippen MR) is 67.9 cm³/mol. The zero-order chi connectivity index (χ0) is 12.6. The van der Waals surface area contributed by atoms with Gasteiger partial charge in [-0.3, -0.25) is 9.36 Å². The zero-order valence-corrected chi connectivity index (χ0v) is 11.4. The van der Waals surface area contributed by atoms with Gasteiger partial charge in [0.05, 0.1) is 5.39 Å². The van der Waals surface area contributed by atoms with Crippen molar-refractivity contribution in [3.63, 3.8) is 0 Å². The Hall–Kier alpha value is -1.27. The highest BCUT2D eigenvalue weighted by atomic mass is 79.9. The van der Waals surface area contributed by atoms with Crippen molar-refractivity contribution in [2.75, 3.05) is 7.11 Å². The van der Waals surface area contributed by atoms with Crippen molar-refractivity contribution in [2.24, 2.45) is 7.05 Å². The molecule has 0 saturated heterocycles. The van der Waals surface area contributed by atoms with Crippen LogP contribution in [0.25, 0.3) is 11.0 Å². The Morgan fingerprint density at radius 3 is 2.76 bits per heavy atom. The van der Waals surface area contributed by atoms with E-state index in [1.54, 1.807) is 26.3 Å². The number of halogens is 1. The molecule has 0 spiro atoms. The molecule has 0 fully saturated rings.